The minimum Gasteiger partial charge on any atom is -0.493 e. The Morgan fingerprint density at radius 3 is 2.64 bits per heavy atom. The van der Waals surface area contributed by atoms with Crippen molar-refractivity contribution in [3.8, 4) is 11.5 Å². The minimum atomic E-state index is -0.264. The number of nitrogens with one attached hydrogen (secondary N) is 1. The van der Waals surface area contributed by atoms with Gasteiger partial charge in [-0.15, -0.1) is 0 Å². The van der Waals surface area contributed by atoms with Gasteiger partial charge in [0.05, 0.1) is 12.7 Å². The molecule has 1 N–H and O–H groups in total. The highest BCUT2D eigenvalue weighted by Crippen LogP contribution is 2.29. The molecule has 0 aliphatic carbocycles. The summed E-state index contributed by atoms with van der Waals surface area (Å²) in [4.78, 5) is 11.7. The van der Waals surface area contributed by atoms with Gasteiger partial charge in [-0.05, 0) is 35.4 Å². The van der Waals surface area contributed by atoms with Gasteiger partial charge in [-0.2, -0.15) is 0 Å². The van der Waals surface area contributed by atoms with Gasteiger partial charge in [0.2, 0.25) is 0 Å². The number of fused-ring (bicyclic) bond motifs is 1. The van der Waals surface area contributed by atoms with Gasteiger partial charge < -0.3 is 19.5 Å². The molecule has 0 fully saturated rings. The van der Waals surface area contributed by atoms with Crippen molar-refractivity contribution in [2.75, 3.05) is 12.4 Å². The molecular formula is C23H21NO4. The molecule has 1 aliphatic heterocycles. The van der Waals surface area contributed by atoms with Crippen LogP contribution in [0.15, 0.2) is 66.7 Å². The number of benzene rings is 3. The third-order valence-electron chi connectivity index (χ3n) is 4.65. The Morgan fingerprint density at radius 1 is 0.964 bits per heavy atom. The average molecular weight is 375 g/mol. The zero-order chi connectivity index (χ0) is 19.3. The van der Waals surface area contributed by atoms with E-state index in [4.69, 9.17) is 14.2 Å². The van der Waals surface area contributed by atoms with Crippen LogP contribution in [-0.4, -0.2) is 13.1 Å². The molecule has 28 heavy (non-hydrogen) atoms. The van der Waals surface area contributed by atoms with Gasteiger partial charge >= 0.3 is 5.97 Å². The lowest BCUT2D eigenvalue weighted by Gasteiger charge is -2.13. The number of methoxy groups -OCH3 is 1. The molecule has 0 radical (unpaired) electrons. The van der Waals surface area contributed by atoms with Crippen molar-refractivity contribution in [3.63, 3.8) is 0 Å². The van der Waals surface area contributed by atoms with Crippen molar-refractivity contribution in [2.24, 2.45) is 0 Å². The summed E-state index contributed by atoms with van der Waals surface area (Å²) in [5.74, 6) is 1.13. The maximum atomic E-state index is 11.7. The number of carbonyl (C=O) groups is 1. The van der Waals surface area contributed by atoms with Crippen molar-refractivity contribution in [1.29, 1.82) is 0 Å². The van der Waals surface area contributed by atoms with E-state index in [-0.39, 0.29) is 5.97 Å². The van der Waals surface area contributed by atoms with E-state index in [1.807, 2.05) is 66.7 Å². The highest BCUT2D eigenvalue weighted by molar-refractivity contribution is 5.94. The maximum Gasteiger partial charge on any atom is 0.338 e. The summed E-state index contributed by atoms with van der Waals surface area (Å²) in [7, 11) is 1.63. The lowest BCUT2D eigenvalue weighted by molar-refractivity contribution is 0.0535. The number of carbonyl (C=O) groups excluding carboxylic acids is 1. The van der Waals surface area contributed by atoms with E-state index in [9.17, 15) is 4.79 Å². The fourth-order valence-electron chi connectivity index (χ4n) is 3.10. The van der Waals surface area contributed by atoms with Crippen LogP contribution in [0, 0.1) is 0 Å². The second kappa shape index (κ2) is 8.05. The number of anilines is 1. The van der Waals surface area contributed by atoms with E-state index >= 15 is 0 Å². The molecule has 3 aromatic carbocycles. The molecule has 0 saturated heterocycles. The number of cyclic esters (lactones) is 1. The predicted molar refractivity (Wildman–Crippen MR) is 107 cm³/mol. The zero-order valence-corrected chi connectivity index (χ0v) is 15.6. The average Bonchev–Trinajstić information content (AvgIpc) is 3.12. The van der Waals surface area contributed by atoms with Gasteiger partial charge in [-0.25, -0.2) is 4.79 Å². The third kappa shape index (κ3) is 3.93. The van der Waals surface area contributed by atoms with Crippen LogP contribution >= 0.6 is 0 Å². The van der Waals surface area contributed by atoms with E-state index < -0.39 is 0 Å². The molecular weight excluding hydrogens is 354 g/mol. The second-order valence-corrected chi connectivity index (χ2v) is 6.56. The monoisotopic (exact) mass is 375 g/mol. The van der Waals surface area contributed by atoms with Crippen molar-refractivity contribution >= 4 is 11.7 Å². The van der Waals surface area contributed by atoms with Gasteiger partial charge in [-0.1, -0.05) is 42.5 Å². The first-order chi connectivity index (χ1) is 13.7. The summed E-state index contributed by atoms with van der Waals surface area (Å²) >= 11 is 0. The largest absolute Gasteiger partial charge is 0.493 e. The molecule has 1 heterocycles. The third-order valence-corrected chi connectivity index (χ3v) is 4.65. The summed E-state index contributed by atoms with van der Waals surface area (Å²) < 4.78 is 16.4. The highest BCUT2D eigenvalue weighted by atomic mass is 16.5. The minimum absolute atomic E-state index is 0.264. The summed E-state index contributed by atoms with van der Waals surface area (Å²) in [6.07, 6.45) is 0. The molecule has 5 heteroatoms. The van der Waals surface area contributed by atoms with Crippen molar-refractivity contribution in [3.05, 3.63) is 89.0 Å². The Balaban J connectivity index is 1.41. The first kappa shape index (κ1) is 17.9. The van der Waals surface area contributed by atoms with Crippen LogP contribution in [0.4, 0.5) is 5.69 Å². The molecule has 0 atom stereocenters. The summed E-state index contributed by atoms with van der Waals surface area (Å²) in [5.41, 5.74) is 4.59. The molecule has 3 aromatic rings. The van der Waals surface area contributed by atoms with Gasteiger partial charge in [0.15, 0.2) is 11.5 Å². The number of esters is 1. The topological polar surface area (TPSA) is 56.8 Å². The van der Waals surface area contributed by atoms with E-state index in [2.05, 4.69) is 5.32 Å². The number of hydrogen-bond donors (Lipinski definition) is 1. The Bertz CT molecular complexity index is 985. The van der Waals surface area contributed by atoms with E-state index in [0.717, 1.165) is 22.4 Å². The Labute approximate surface area is 163 Å². The second-order valence-electron chi connectivity index (χ2n) is 6.56. The Morgan fingerprint density at radius 2 is 1.82 bits per heavy atom. The van der Waals surface area contributed by atoms with Crippen LogP contribution in [-0.2, 0) is 24.5 Å². The van der Waals surface area contributed by atoms with Crippen LogP contribution in [0.3, 0.4) is 0 Å². The molecule has 0 unspecified atom stereocenters. The van der Waals surface area contributed by atoms with Crippen LogP contribution in [0.1, 0.15) is 27.0 Å². The highest BCUT2D eigenvalue weighted by Gasteiger charge is 2.20. The molecule has 0 bridgehead atoms. The van der Waals surface area contributed by atoms with Crippen LogP contribution in [0.5, 0.6) is 11.5 Å². The van der Waals surface area contributed by atoms with Gasteiger partial charge in [0.25, 0.3) is 0 Å². The summed E-state index contributed by atoms with van der Waals surface area (Å²) in [5, 5.41) is 3.34. The number of ether oxygens (including phenoxy) is 3. The quantitative estimate of drug-likeness (QED) is 0.614. The molecule has 4 rings (SSSR count). The van der Waals surface area contributed by atoms with E-state index in [1.165, 1.54) is 0 Å². The fraction of sp³-hybridized carbons (Fsp3) is 0.174. The number of hydrogen-bond acceptors (Lipinski definition) is 5. The van der Waals surface area contributed by atoms with Crippen LogP contribution < -0.4 is 14.8 Å². The molecule has 1 aliphatic rings. The predicted octanol–water partition coefficient (Wildman–Crippen LogP) is 4.56. The molecule has 0 aromatic heterocycles. The van der Waals surface area contributed by atoms with Crippen LogP contribution in [0.25, 0.3) is 0 Å². The smallest absolute Gasteiger partial charge is 0.338 e. The maximum absolute atomic E-state index is 11.7. The Hall–Kier alpha value is -3.47. The Kier molecular flexibility index (Phi) is 5.15. The van der Waals surface area contributed by atoms with Crippen LogP contribution in [0.2, 0.25) is 0 Å². The van der Waals surface area contributed by atoms with Gasteiger partial charge in [0, 0.05) is 17.8 Å². The molecule has 5 nitrogen and oxygen atoms in total. The lowest BCUT2D eigenvalue weighted by Crippen LogP contribution is -2.03. The van der Waals surface area contributed by atoms with Crippen molar-refractivity contribution in [1.82, 2.24) is 0 Å². The molecule has 0 saturated carbocycles. The molecule has 0 amide bonds. The first-order valence-corrected chi connectivity index (χ1v) is 9.10. The molecule has 0 spiro atoms. The van der Waals surface area contributed by atoms with Gasteiger partial charge in [-0.3, -0.25) is 0 Å². The molecule has 142 valence electrons. The fourth-order valence-corrected chi connectivity index (χ4v) is 3.10. The van der Waals surface area contributed by atoms with E-state index in [0.29, 0.717) is 36.8 Å². The SMILES string of the molecule is COc1cc(CNc2ccc3c(c2)C(=O)OC3)ccc1OCc1ccccc1. The van der Waals surface area contributed by atoms with Crippen molar-refractivity contribution in [2.45, 2.75) is 19.8 Å². The number of rotatable bonds is 7. The zero-order valence-electron chi connectivity index (χ0n) is 15.6. The van der Waals surface area contributed by atoms with Gasteiger partial charge in [0.1, 0.15) is 13.2 Å². The van der Waals surface area contributed by atoms with E-state index in [1.54, 1.807) is 7.11 Å². The summed E-state index contributed by atoms with van der Waals surface area (Å²) in [6, 6.07) is 21.6. The first-order valence-electron chi connectivity index (χ1n) is 9.10. The normalized spacial score (nSPS) is 12.2. The summed E-state index contributed by atoms with van der Waals surface area (Å²) in [6.45, 7) is 1.44. The lowest BCUT2D eigenvalue weighted by atomic mass is 10.1. The standard InChI is InChI=1S/C23H21NO4/c1-26-22-11-17(7-10-21(22)27-14-16-5-3-2-4-6-16)13-24-19-9-8-18-15-28-23(25)20(18)12-19/h2-12,24H,13-15H2,1H3. The van der Waals surface area contributed by atoms with Crippen molar-refractivity contribution < 1.29 is 19.0 Å².